The lowest BCUT2D eigenvalue weighted by Crippen LogP contribution is -3.14. The van der Waals surface area contributed by atoms with Crippen LogP contribution in [-0.4, -0.2) is 43.5 Å². The molecule has 1 aromatic heterocycles. The molecular weight excluding hydrogens is 304 g/mol. The number of carbonyl (C=O) groups excluding carboxylic acids is 1. The van der Waals surface area contributed by atoms with E-state index >= 15 is 0 Å². The van der Waals surface area contributed by atoms with E-state index in [2.05, 4.69) is 6.58 Å². The second-order valence-corrected chi connectivity index (χ2v) is 6.71. The maximum atomic E-state index is 12.7. The van der Waals surface area contributed by atoms with Gasteiger partial charge in [0, 0.05) is 10.1 Å². The minimum Gasteiger partial charge on any atom is -0.329 e. The summed E-state index contributed by atoms with van der Waals surface area (Å²) < 4.78 is 1.07. The third-order valence-electron chi connectivity index (χ3n) is 3.92. The average Bonchev–Trinajstić information content (AvgIpc) is 2.85. The first kappa shape index (κ1) is 14.6. The molecule has 1 aliphatic heterocycles. The lowest BCUT2D eigenvalue weighted by atomic mass is 10.2. The first-order valence-electron chi connectivity index (χ1n) is 7.11. The molecule has 3 nitrogen and oxygen atoms in total. The Bertz CT molecular complexity index is 674. The lowest BCUT2D eigenvalue weighted by molar-refractivity contribution is -0.898. The number of nitrogens with zero attached hydrogens (tertiary/aromatic N) is 1. The zero-order valence-electron chi connectivity index (χ0n) is 11.8. The molecule has 0 unspecified atom stereocenters. The van der Waals surface area contributed by atoms with Gasteiger partial charge in [0.25, 0.3) is 5.91 Å². The highest BCUT2D eigenvalue weighted by Gasteiger charge is 2.27. The molecule has 0 bridgehead atoms. The van der Waals surface area contributed by atoms with Crippen LogP contribution in [0.5, 0.6) is 0 Å². The standard InChI is InChI=1S/C16H17ClN2OS/c1-2-7-18-8-10-19(11-9-18)16(20)15-14(17)12-5-3-4-6-13(12)21-15/h2-6H,1,7-11H2/p+1. The number of thiophene rings is 1. The van der Waals surface area contributed by atoms with Crippen molar-refractivity contribution in [3.05, 3.63) is 46.8 Å². The van der Waals surface area contributed by atoms with Crippen molar-refractivity contribution in [3.8, 4) is 0 Å². The Hall–Kier alpha value is -1.36. The molecule has 2 aromatic rings. The number of benzene rings is 1. The summed E-state index contributed by atoms with van der Waals surface area (Å²) in [4.78, 5) is 16.8. The van der Waals surface area contributed by atoms with Crippen LogP contribution < -0.4 is 4.90 Å². The smallest absolute Gasteiger partial charge is 0.265 e. The maximum absolute atomic E-state index is 12.7. The highest BCUT2D eigenvalue weighted by atomic mass is 35.5. The summed E-state index contributed by atoms with van der Waals surface area (Å²) in [6, 6.07) is 7.90. The molecule has 0 radical (unpaired) electrons. The van der Waals surface area contributed by atoms with Gasteiger partial charge < -0.3 is 9.80 Å². The van der Waals surface area contributed by atoms with Gasteiger partial charge in [-0.1, -0.05) is 36.4 Å². The van der Waals surface area contributed by atoms with Crippen LogP contribution in [0.25, 0.3) is 10.1 Å². The first-order valence-corrected chi connectivity index (χ1v) is 8.31. The van der Waals surface area contributed by atoms with Gasteiger partial charge in [0.1, 0.15) is 4.88 Å². The third-order valence-corrected chi connectivity index (χ3v) is 5.58. The Balaban J connectivity index is 1.78. The molecule has 1 N–H and O–H groups in total. The van der Waals surface area contributed by atoms with E-state index in [0.29, 0.717) is 9.90 Å². The van der Waals surface area contributed by atoms with Crippen molar-refractivity contribution >= 4 is 38.9 Å². The topological polar surface area (TPSA) is 24.8 Å². The zero-order chi connectivity index (χ0) is 14.8. The van der Waals surface area contributed by atoms with E-state index in [1.807, 2.05) is 35.2 Å². The molecule has 5 heteroatoms. The van der Waals surface area contributed by atoms with Gasteiger partial charge in [-0.2, -0.15) is 0 Å². The van der Waals surface area contributed by atoms with E-state index in [4.69, 9.17) is 11.6 Å². The van der Waals surface area contributed by atoms with Gasteiger partial charge >= 0.3 is 0 Å². The number of fused-ring (bicyclic) bond motifs is 1. The van der Waals surface area contributed by atoms with Crippen molar-refractivity contribution in [3.63, 3.8) is 0 Å². The molecule has 21 heavy (non-hydrogen) atoms. The molecule has 0 spiro atoms. The summed E-state index contributed by atoms with van der Waals surface area (Å²) in [6.45, 7) is 8.25. The molecule has 110 valence electrons. The predicted molar refractivity (Wildman–Crippen MR) is 88.5 cm³/mol. The quantitative estimate of drug-likeness (QED) is 0.860. The number of hydrogen-bond acceptors (Lipinski definition) is 2. The summed E-state index contributed by atoms with van der Waals surface area (Å²) >= 11 is 7.88. The van der Waals surface area contributed by atoms with E-state index in [9.17, 15) is 4.79 Å². The molecule has 0 atom stereocenters. The van der Waals surface area contributed by atoms with Crippen LogP contribution in [0.3, 0.4) is 0 Å². The third kappa shape index (κ3) is 2.84. The fraction of sp³-hybridized carbons (Fsp3) is 0.312. The van der Waals surface area contributed by atoms with Gasteiger partial charge in [0.15, 0.2) is 0 Å². The minimum atomic E-state index is 0.0684. The van der Waals surface area contributed by atoms with Crippen LogP contribution in [0.4, 0.5) is 0 Å². The van der Waals surface area contributed by atoms with E-state index in [1.54, 1.807) is 0 Å². The van der Waals surface area contributed by atoms with Crippen LogP contribution in [-0.2, 0) is 0 Å². The minimum absolute atomic E-state index is 0.0684. The summed E-state index contributed by atoms with van der Waals surface area (Å²) in [7, 11) is 0. The molecule has 1 aromatic carbocycles. The monoisotopic (exact) mass is 321 g/mol. The molecule has 0 saturated carbocycles. The van der Waals surface area contributed by atoms with Gasteiger partial charge in [0.2, 0.25) is 0 Å². The molecule has 1 aliphatic rings. The van der Waals surface area contributed by atoms with E-state index < -0.39 is 0 Å². The number of piperazine rings is 1. The highest BCUT2D eigenvalue weighted by molar-refractivity contribution is 7.21. The Kier molecular flexibility index (Phi) is 4.29. The number of quaternary nitrogens is 1. The lowest BCUT2D eigenvalue weighted by Gasteiger charge is -2.31. The normalized spacial score (nSPS) is 16.3. The predicted octanol–water partition coefficient (Wildman–Crippen LogP) is 2.08. The fourth-order valence-corrected chi connectivity index (χ4v) is 4.21. The maximum Gasteiger partial charge on any atom is 0.265 e. The van der Waals surface area contributed by atoms with Crippen molar-refractivity contribution in [1.82, 2.24) is 4.90 Å². The molecular formula is C16H18ClN2OS+. The van der Waals surface area contributed by atoms with Gasteiger partial charge in [-0.05, 0) is 12.1 Å². The number of hydrogen-bond donors (Lipinski definition) is 1. The van der Waals surface area contributed by atoms with Crippen LogP contribution >= 0.6 is 22.9 Å². The number of carbonyl (C=O) groups is 1. The Labute approximate surface area is 133 Å². The van der Waals surface area contributed by atoms with E-state index in [0.717, 1.165) is 42.8 Å². The number of rotatable bonds is 3. The van der Waals surface area contributed by atoms with Gasteiger partial charge in [-0.3, -0.25) is 4.79 Å². The van der Waals surface area contributed by atoms with Crippen molar-refractivity contribution in [2.45, 2.75) is 0 Å². The van der Waals surface area contributed by atoms with Crippen molar-refractivity contribution in [2.75, 3.05) is 32.7 Å². The number of halogens is 1. The molecule has 1 amide bonds. The number of nitrogens with one attached hydrogen (secondary N) is 1. The Morgan fingerprint density at radius 2 is 2.10 bits per heavy atom. The Morgan fingerprint density at radius 3 is 2.76 bits per heavy atom. The first-order chi connectivity index (χ1) is 10.2. The fourth-order valence-electron chi connectivity index (χ4n) is 2.73. The molecule has 2 heterocycles. The second-order valence-electron chi connectivity index (χ2n) is 5.28. The molecule has 3 rings (SSSR count). The molecule has 1 fully saturated rings. The SMILES string of the molecule is C=CC[NH+]1CCN(C(=O)c2sc3ccccc3c2Cl)CC1. The van der Waals surface area contributed by atoms with Crippen LogP contribution in [0.15, 0.2) is 36.9 Å². The largest absolute Gasteiger partial charge is 0.329 e. The summed E-state index contributed by atoms with van der Waals surface area (Å²) in [6.07, 6.45) is 1.94. The van der Waals surface area contributed by atoms with Gasteiger partial charge in [0.05, 0.1) is 37.7 Å². The van der Waals surface area contributed by atoms with Crippen molar-refractivity contribution < 1.29 is 9.69 Å². The Morgan fingerprint density at radius 1 is 1.38 bits per heavy atom. The summed E-state index contributed by atoms with van der Waals surface area (Å²) in [5.74, 6) is 0.0684. The van der Waals surface area contributed by atoms with Gasteiger partial charge in [-0.15, -0.1) is 11.3 Å². The van der Waals surface area contributed by atoms with Crippen molar-refractivity contribution in [2.24, 2.45) is 0 Å². The van der Waals surface area contributed by atoms with Crippen LogP contribution in [0.2, 0.25) is 5.02 Å². The van der Waals surface area contributed by atoms with E-state index in [1.165, 1.54) is 16.2 Å². The van der Waals surface area contributed by atoms with Crippen LogP contribution in [0, 0.1) is 0 Å². The van der Waals surface area contributed by atoms with E-state index in [-0.39, 0.29) is 5.91 Å². The van der Waals surface area contributed by atoms with Crippen molar-refractivity contribution in [1.29, 1.82) is 0 Å². The summed E-state index contributed by atoms with van der Waals surface area (Å²) in [5.41, 5.74) is 0. The second kappa shape index (κ2) is 6.18. The average molecular weight is 322 g/mol. The van der Waals surface area contributed by atoms with Gasteiger partial charge in [-0.25, -0.2) is 0 Å². The summed E-state index contributed by atoms with van der Waals surface area (Å²) in [5, 5.41) is 1.57. The van der Waals surface area contributed by atoms with Crippen LogP contribution in [0.1, 0.15) is 9.67 Å². The molecule has 1 saturated heterocycles. The molecule has 0 aliphatic carbocycles. The highest BCUT2D eigenvalue weighted by Crippen LogP contribution is 2.35. The zero-order valence-corrected chi connectivity index (χ0v) is 13.3. The number of amides is 1.